The lowest BCUT2D eigenvalue weighted by atomic mass is 10.1. The van der Waals surface area contributed by atoms with Gasteiger partial charge in [0.1, 0.15) is 6.33 Å². The molecule has 92 valence electrons. The Labute approximate surface area is 106 Å². The molecule has 0 aliphatic heterocycles. The van der Waals surface area contributed by atoms with E-state index in [-0.39, 0.29) is 0 Å². The van der Waals surface area contributed by atoms with E-state index < -0.39 is 0 Å². The quantitative estimate of drug-likeness (QED) is 0.764. The minimum Gasteiger partial charge on any atom is -0.383 e. The second-order valence-electron chi connectivity index (χ2n) is 3.94. The minimum absolute atomic E-state index is 0.851. The summed E-state index contributed by atoms with van der Waals surface area (Å²) >= 11 is 0. The van der Waals surface area contributed by atoms with Crippen LogP contribution < -0.4 is 0 Å². The van der Waals surface area contributed by atoms with E-state index >= 15 is 0 Å². The van der Waals surface area contributed by atoms with Crippen LogP contribution in [0.25, 0.3) is 0 Å². The lowest BCUT2D eigenvalue weighted by molar-refractivity contribution is 0.564. The Morgan fingerprint density at radius 2 is 2.00 bits per heavy atom. The SMILES string of the molecule is CN(C)/C=C\C(=N\n1ccnc1)c1ccncc1. The monoisotopic (exact) mass is 241 g/mol. The Morgan fingerprint density at radius 3 is 2.61 bits per heavy atom. The van der Waals surface area contributed by atoms with E-state index in [2.05, 4.69) is 15.1 Å². The Balaban J connectivity index is 2.35. The lowest BCUT2D eigenvalue weighted by Gasteiger charge is -2.05. The van der Waals surface area contributed by atoms with E-state index in [1.54, 1.807) is 35.8 Å². The topological polar surface area (TPSA) is 46.3 Å². The summed E-state index contributed by atoms with van der Waals surface area (Å²) < 4.78 is 1.68. The highest BCUT2D eigenvalue weighted by molar-refractivity contribution is 6.08. The number of aromatic nitrogens is 3. The maximum Gasteiger partial charge on any atom is 0.116 e. The first kappa shape index (κ1) is 12.0. The molecule has 5 nitrogen and oxygen atoms in total. The van der Waals surface area contributed by atoms with E-state index in [1.165, 1.54) is 0 Å². The van der Waals surface area contributed by atoms with Crippen molar-refractivity contribution in [3.05, 3.63) is 61.1 Å². The molecule has 0 atom stereocenters. The third kappa shape index (κ3) is 3.28. The molecule has 0 bridgehead atoms. The van der Waals surface area contributed by atoms with Crippen molar-refractivity contribution in [2.75, 3.05) is 14.1 Å². The van der Waals surface area contributed by atoms with Crippen LogP contribution in [-0.2, 0) is 0 Å². The van der Waals surface area contributed by atoms with E-state index in [1.807, 2.05) is 43.4 Å². The summed E-state index contributed by atoms with van der Waals surface area (Å²) in [6, 6.07) is 3.85. The molecule has 0 unspecified atom stereocenters. The minimum atomic E-state index is 0.851. The molecule has 0 radical (unpaired) electrons. The molecule has 0 saturated heterocycles. The van der Waals surface area contributed by atoms with Crippen molar-refractivity contribution in [3.63, 3.8) is 0 Å². The Hall–Kier alpha value is -2.43. The van der Waals surface area contributed by atoms with Crippen LogP contribution in [0.15, 0.2) is 60.6 Å². The molecule has 2 aromatic rings. The van der Waals surface area contributed by atoms with Crippen LogP contribution in [-0.4, -0.2) is 39.4 Å². The van der Waals surface area contributed by atoms with Gasteiger partial charge in [-0.2, -0.15) is 5.10 Å². The number of allylic oxidation sites excluding steroid dienone is 1. The molecule has 0 saturated carbocycles. The predicted octanol–water partition coefficient (Wildman–Crippen LogP) is 1.61. The second kappa shape index (κ2) is 5.77. The zero-order valence-corrected chi connectivity index (χ0v) is 10.4. The average Bonchev–Trinajstić information content (AvgIpc) is 2.88. The van der Waals surface area contributed by atoms with Crippen LogP contribution in [0.1, 0.15) is 5.56 Å². The van der Waals surface area contributed by atoms with Gasteiger partial charge in [0, 0.05) is 50.6 Å². The van der Waals surface area contributed by atoms with Gasteiger partial charge < -0.3 is 4.90 Å². The molecular formula is C13H15N5. The Bertz CT molecular complexity index is 526. The third-order valence-electron chi connectivity index (χ3n) is 2.22. The Morgan fingerprint density at radius 1 is 1.22 bits per heavy atom. The molecule has 0 spiro atoms. The van der Waals surface area contributed by atoms with Crippen molar-refractivity contribution in [2.24, 2.45) is 5.10 Å². The molecular weight excluding hydrogens is 226 g/mol. The summed E-state index contributed by atoms with van der Waals surface area (Å²) in [6.07, 6.45) is 12.6. The van der Waals surface area contributed by atoms with E-state index in [9.17, 15) is 0 Å². The average molecular weight is 241 g/mol. The summed E-state index contributed by atoms with van der Waals surface area (Å²) in [6.45, 7) is 0. The van der Waals surface area contributed by atoms with Crippen molar-refractivity contribution in [2.45, 2.75) is 0 Å². The number of hydrogen-bond acceptors (Lipinski definition) is 4. The van der Waals surface area contributed by atoms with Gasteiger partial charge in [-0.05, 0) is 18.2 Å². The van der Waals surface area contributed by atoms with E-state index in [0.717, 1.165) is 11.3 Å². The highest BCUT2D eigenvalue weighted by atomic mass is 15.4. The summed E-state index contributed by atoms with van der Waals surface area (Å²) in [5, 5.41) is 4.49. The molecule has 0 N–H and O–H groups in total. The molecule has 2 heterocycles. The molecule has 0 aromatic carbocycles. The fourth-order valence-electron chi connectivity index (χ4n) is 1.37. The van der Waals surface area contributed by atoms with Gasteiger partial charge in [-0.3, -0.25) is 4.98 Å². The number of hydrogen-bond donors (Lipinski definition) is 0. The number of nitrogens with zero attached hydrogens (tertiary/aromatic N) is 5. The zero-order chi connectivity index (χ0) is 12.8. The molecule has 0 aliphatic rings. The zero-order valence-electron chi connectivity index (χ0n) is 10.4. The van der Waals surface area contributed by atoms with Gasteiger partial charge in [-0.25, -0.2) is 9.66 Å². The van der Waals surface area contributed by atoms with Gasteiger partial charge in [0.25, 0.3) is 0 Å². The molecule has 2 rings (SSSR count). The number of imidazole rings is 1. The van der Waals surface area contributed by atoms with Gasteiger partial charge in [0.15, 0.2) is 0 Å². The molecule has 0 aliphatic carbocycles. The highest BCUT2D eigenvalue weighted by Gasteiger charge is 2.00. The fourth-order valence-corrected chi connectivity index (χ4v) is 1.37. The van der Waals surface area contributed by atoms with Crippen molar-refractivity contribution in [3.8, 4) is 0 Å². The Kier molecular flexibility index (Phi) is 3.86. The first-order valence-electron chi connectivity index (χ1n) is 5.57. The summed E-state index contributed by atoms with van der Waals surface area (Å²) in [5.74, 6) is 0. The molecule has 18 heavy (non-hydrogen) atoms. The summed E-state index contributed by atoms with van der Waals surface area (Å²) in [7, 11) is 3.94. The van der Waals surface area contributed by atoms with Gasteiger partial charge in [0.05, 0.1) is 5.71 Å². The van der Waals surface area contributed by atoms with Crippen molar-refractivity contribution < 1.29 is 0 Å². The van der Waals surface area contributed by atoms with Crippen LogP contribution >= 0.6 is 0 Å². The number of rotatable bonds is 4. The standard InChI is InChI=1S/C13H15N5/c1-17(2)9-5-13(12-3-6-14-7-4-12)16-18-10-8-15-11-18/h3-11H,1-2H3/b9-5-,16-13-. The number of pyridine rings is 1. The maximum atomic E-state index is 4.49. The van der Waals surface area contributed by atoms with Crippen LogP contribution in [0.4, 0.5) is 0 Å². The molecule has 0 amide bonds. The largest absolute Gasteiger partial charge is 0.383 e. The molecule has 2 aromatic heterocycles. The van der Waals surface area contributed by atoms with Gasteiger partial charge in [-0.15, -0.1) is 0 Å². The van der Waals surface area contributed by atoms with Crippen LogP contribution in [0.5, 0.6) is 0 Å². The lowest BCUT2D eigenvalue weighted by Crippen LogP contribution is -2.05. The molecule has 0 fully saturated rings. The van der Waals surface area contributed by atoms with Crippen molar-refractivity contribution in [1.82, 2.24) is 19.5 Å². The van der Waals surface area contributed by atoms with Crippen LogP contribution in [0, 0.1) is 0 Å². The maximum absolute atomic E-state index is 4.49. The normalized spacial score (nSPS) is 12.0. The predicted molar refractivity (Wildman–Crippen MR) is 71.2 cm³/mol. The highest BCUT2D eigenvalue weighted by Crippen LogP contribution is 2.03. The van der Waals surface area contributed by atoms with Crippen molar-refractivity contribution in [1.29, 1.82) is 0 Å². The second-order valence-corrected chi connectivity index (χ2v) is 3.94. The van der Waals surface area contributed by atoms with Crippen molar-refractivity contribution >= 4 is 5.71 Å². The van der Waals surface area contributed by atoms with Crippen LogP contribution in [0.3, 0.4) is 0 Å². The third-order valence-corrected chi connectivity index (χ3v) is 2.22. The fraction of sp³-hybridized carbons (Fsp3) is 0.154. The smallest absolute Gasteiger partial charge is 0.116 e. The van der Waals surface area contributed by atoms with E-state index in [0.29, 0.717) is 0 Å². The summed E-state index contributed by atoms with van der Waals surface area (Å²) in [4.78, 5) is 9.95. The van der Waals surface area contributed by atoms with Gasteiger partial charge >= 0.3 is 0 Å². The van der Waals surface area contributed by atoms with E-state index in [4.69, 9.17) is 0 Å². The van der Waals surface area contributed by atoms with Crippen LogP contribution in [0.2, 0.25) is 0 Å². The first-order valence-corrected chi connectivity index (χ1v) is 5.57. The molecule has 5 heteroatoms. The summed E-state index contributed by atoms with van der Waals surface area (Å²) in [5.41, 5.74) is 1.86. The van der Waals surface area contributed by atoms with Gasteiger partial charge in [-0.1, -0.05) is 0 Å². The van der Waals surface area contributed by atoms with Gasteiger partial charge in [0.2, 0.25) is 0 Å². The first-order chi connectivity index (χ1) is 8.75.